The van der Waals surface area contributed by atoms with Gasteiger partial charge < -0.3 is 10.8 Å². The molecule has 0 saturated heterocycles. The van der Waals surface area contributed by atoms with Gasteiger partial charge in [0.15, 0.2) is 0 Å². The van der Waals surface area contributed by atoms with Crippen molar-refractivity contribution in [3.63, 3.8) is 0 Å². The zero-order valence-corrected chi connectivity index (χ0v) is 7.81. The highest BCUT2D eigenvalue weighted by molar-refractivity contribution is 5.68. The van der Waals surface area contributed by atoms with Crippen LogP contribution in [0.3, 0.4) is 0 Å². The normalized spacial score (nSPS) is 10.4. The largest absolute Gasteiger partial charge is 0.508 e. The van der Waals surface area contributed by atoms with Crippen LogP contribution in [0.5, 0.6) is 5.75 Å². The molecular weight excluding hydrogens is 178 g/mol. The van der Waals surface area contributed by atoms with E-state index in [1.54, 1.807) is 23.0 Å². The Kier molecular flexibility index (Phi) is 1.89. The van der Waals surface area contributed by atoms with Crippen LogP contribution in [-0.2, 0) is 7.05 Å². The maximum absolute atomic E-state index is 9.35. The monoisotopic (exact) mass is 189 g/mol. The Morgan fingerprint density at radius 2 is 2.07 bits per heavy atom. The molecule has 0 fully saturated rings. The van der Waals surface area contributed by atoms with E-state index in [-0.39, 0.29) is 5.75 Å². The number of hydrogen-bond donors (Lipinski definition) is 2. The predicted molar refractivity (Wildman–Crippen MR) is 54.7 cm³/mol. The van der Waals surface area contributed by atoms with Crippen LogP contribution in [0.25, 0.3) is 11.1 Å². The summed E-state index contributed by atoms with van der Waals surface area (Å²) in [6.45, 7) is 0. The van der Waals surface area contributed by atoms with Gasteiger partial charge in [-0.25, -0.2) is 0 Å². The summed E-state index contributed by atoms with van der Waals surface area (Å²) >= 11 is 0. The van der Waals surface area contributed by atoms with Crippen LogP contribution in [0.2, 0.25) is 0 Å². The summed E-state index contributed by atoms with van der Waals surface area (Å²) in [4.78, 5) is 0. The number of nitrogens with two attached hydrogens (primary N) is 1. The van der Waals surface area contributed by atoms with Crippen LogP contribution in [-0.4, -0.2) is 14.9 Å². The zero-order valence-electron chi connectivity index (χ0n) is 7.81. The number of nitrogen functional groups attached to an aromatic ring is 1. The molecule has 0 spiro atoms. The van der Waals surface area contributed by atoms with Crippen molar-refractivity contribution in [2.45, 2.75) is 0 Å². The van der Waals surface area contributed by atoms with Gasteiger partial charge in [-0.05, 0) is 17.7 Å². The Morgan fingerprint density at radius 1 is 1.29 bits per heavy atom. The van der Waals surface area contributed by atoms with Crippen molar-refractivity contribution < 1.29 is 5.11 Å². The van der Waals surface area contributed by atoms with Crippen molar-refractivity contribution in [1.82, 2.24) is 9.78 Å². The number of phenolic OH excluding ortho intramolecular Hbond substituents is 1. The van der Waals surface area contributed by atoms with Crippen LogP contribution < -0.4 is 5.73 Å². The molecule has 0 unspecified atom stereocenters. The maximum atomic E-state index is 9.35. The molecule has 0 aliphatic rings. The Hall–Kier alpha value is -1.97. The molecule has 2 rings (SSSR count). The summed E-state index contributed by atoms with van der Waals surface area (Å²) in [5.41, 5.74) is 7.97. The fourth-order valence-corrected chi connectivity index (χ4v) is 1.37. The molecular formula is C10H11N3O. The minimum Gasteiger partial charge on any atom is -0.508 e. The molecule has 0 aliphatic heterocycles. The van der Waals surface area contributed by atoms with Gasteiger partial charge in [-0.1, -0.05) is 0 Å². The number of aryl methyl sites for hydroxylation is 1. The molecule has 4 heteroatoms. The molecule has 72 valence electrons. The lowest BCUT2D eigenvalue weighted by molar-refractivity contribution is 0.476. The minimum atomic E-state index is 0.170. The van der Waals surface area contributed by atoms with E-state index >= 15 is 0 Å². The average molecular weight is 189 g/mol. The highest BCUT2D eigenvalue weighted by Crippen LogP contribution is 2.25. The predicted octanol–water partition coefficient (Wildman–Crippen LogP) is 1.37. The first-order valence-corrected chi connectivity index (χ1v) is 4.24. The lowest BCUT2D eigenvalue weighted by Gasteiger charge is -2.00. The topological polar surface area (TPSA) is 64.1 Å². The molecule has 0 atom stereocenters. The first kappa shape index (κ1) is 8.62. The molecule has 14 heavy (non-hydrogen) atoms. The number of rotatable bonds is 1. The zero-order chi connectivity index (χ0) is 10.1. The van der Waals surface area contributed by atoms with Gasteiger partial charge >= 0.3 is 0 Å². The van der Waals surface area contributed by atoms with Gasteiger partial charge in [-0.2, -0.15) is 5.10 Å². The minimum absolute atomic E-state index is 0.170. The Labute approximate surface area is 81.6 Å². The van der Waals surface area contributed by atoms with E-state index in [1.165, 1.54) is 6.07 Å². The van der Waals surface area contributed by atoms with Crippen molar-refractivity contribution in [2.24, 2.45) is 7.05 Å². The summed E-state index contributed by atoms with van der Waals surface area (Å²) in [6.07, 6.45) is 3.60. The Bertz CT molecular complexity index is 442. The third-order valence-electron chi connectivity index (χ3n) is 1.98. The van der Waals surface area contributed by atoms with Gasteiger partial charge in [-0.3, -0.25) is 4.68 Å². The van der Waals surface area contributed by atoms with Crippen molar-refractivity contribution in [1.29, 1.82) is 0 Å². The highest BCUT2D eigenvalue weighted by atomic mass is 16.3. The van der Waals surface area contributed by atoms with Crippen molar-refractivity contribution >= 4 is 5.69 Å². The van der Waals surface area contributed by atoms with Crippen LogP contribution >= 0.6 is 0 Å². The summed E-state index contributed by atoms with van der Waals surface area (Å²) < 4.78 is 1.70. The molecule has 1 heterocycles. The van der Waals surface area contributed by atoms with E-state index in [1.807, 2.05) is 13.2 Å². The second kappa shape index (κ2) is 3.06. The number of benzene rings is 1. The summed E-state index contributed by atoms with van der Waals surface area (Å²) in [5.74, 6) is 0.170. The lowest BCUT2D eigenvalue weighted by atomic mass is 10.1. The first-order chi connectivity index (χ1) is 6.65. The number of aromatic hydroxyl groups is 1. The molecule has 0 saturated carbocycles. The summed E-state index contributed by atoms with van der Waals surface area (Å²) in [5, 5.41) is 13.4. The number of hydrogen-bond acceptors (Lipinski definition) is 3. The van der Waals surface area contributed by atoms with E-state index < -0.39 is 0 Å². The molecule has 4 nitrogen and oxygen atoms in total. The highest BCUT2D eigenvalue weighted by Gasteiger charge is 2.02. The van der Waals surface area contributed by atoms with Gasteiger partial charge in [0.2, 0.25) is 0 Å². The van der Waals surface area contributed by atoms with Gasteiger partial charge in [0.25, 0.3) is 0 Å². The quantitative estimate of drug-likeness (QED) is 0.666. The molecule has 0 bridgehead atoms. The van der Waals surface area contributed by atoms with E-state index in [0.717, 1.165) is 11.1 Å². The first-order valence-electron chi connectivity index (χ1n) is 4.24. The van der Waals surface area contributed by atoms with Crippen LogP contribution in [0.1, 0.15) is 0 Å². The third kappa shape index (κ3) is 1.54. The SMILES string of the molecule is Cn1cc(-c2cc(N)cc(O)c2)cn1. The number of nitrogens with zero attached hydrogens (tertiary/aromatic N) is 2. The van der Waals surface area contributed by atoms with Gasteiger partial charge in [0.05, 0.1) is 6.20 Å². The molecule has 0 radical (unpaired) electrons. The van der Waals surface area contributed by atoms with E-state index in [0.29, 0.717) is 5.69 Å². The molecule has 0 amide bonds. The number of anilines is 1. The standard InChI is InChI=1S/C10H11N3O/c1-13-6-8(5-12-13)7-2-9(11)4-10(14)3-7/h2-6,14H,11H2,1H3. The van der Waals surface area contributed by atoms with Gasteiger partial charge in [-0.15, -0.1) is 0 Å². The van der Waals surface area contributed by atoms with Gasteiger partial charge in [0.1, 0.15) is 5.75 Å². The second-order valence-corrected chi connectivity index (χ2v) is 3.22. The van der Waals surface area contributed by atoms with Gasteiger partial charge in [0, 0.05) is 30.6 Å². The van der Waals surface area contributed by atoms with Crippen LogP contribution in [0.4, 0.5) is 5.69 Å². The van der Waals surface area contributed by atoms with Crippen molar-refractivity contribution in [2.75, 3.05) is 5.73 Å². The molecule has 1 aromatic heterocycles. The average Bonchev–Trinajstić information content (AvgIpc) is 2.50. The lowest BCUT2D eigenvalue weighted by Crippen LogP contribution is -1.86. The van der Waals surface area contributed by atoms with E-state index in [9.17, 15) is 5.11 Å². The molecule has 1 aromatic carbocycles. The second-order valence-electron chi connectivity index (χ2n) is 3.22. The third-order valence-corrected chi connectivity index (χ3v) is 1.98. The van der Waals surface area contributed by atoms with E-state index in [2.05, 4.69) is 5.10 Å². The molecule has 2 aromatic rings. The maximum Gasteiger partial charge on any atom is 0.118 e. The number of phenols is 1. The van der Waals surface area contributed by atoms with Crippen molar-refractivity contribution in [3.8, 4) is 16.9 Å². The van der Waals surface area contributed by atoms with Crippen LogP contribution in [0, 0.1) is 0 Å². The fourth-order valence-electron chi connectivity index (χ4n) is 1.37. The molecule has 0 aliphatic carbocycles. The summed E-state index contributed by atoms with van der Waals surface area (Å²) in [7, 11) is 1.84. The Balaban J connectivity index is 2.51. The molecule has 3 N–H and O–H groups in total. The van der Waals surface area contributed by atoms with E-state index in [4.69, 9.17) is 5.73 Å². The van der Waals surface area contributed by atoms with Crippen molar-refractivity contribution in [3.05, 3.63) is 30.6 Å². The summed E-state index contributed by atoms with van der Waals surface area (Å²) in [6, 6.07) is 4.98. The number of aromatic nitrogens is 2. The smallest absolute Gasteiger partial charge is 0.118 e. The fraction of sp³-hybridized carbons (Fsp3) is 0.100. The van der Waals surface area contributed by atoms with Crippen LogP contribution in [0.15, 0.2) is 30.6 Å². The Morgan fingerprint density at radius 3 is 2.64 bits per heavy atom.